The Hall–Kier alpha value is -1.88. The second-order valence-corrected chi connectivity index (χ2v) is 5.68. The zero-order chi connectivity index (χ0) is 15.4. The van der Waals surface area contributed by atoms with Crippen molar-refractivity contribution in [2.45, 2.75) is 27.3 Å². The van der Waals surface area contributed by atoms with Crippen LogP contribution in [0.5, 0.6) is 0 Å². The van der Waals surface area contributed by atoms with Crippen molar-refractivity contribution in [1.29, 1.82) is 0 Å². The van der Waals surface area contributed by atoms with Crippen LogP contribution in [-0.2, 0) is 11.3 Å². The Morgan fingerprint density at radius 1 is 1.38 bits per heavy atom. The third-order valence-corrected chi connectivity index (χ3v) is 3.88. The van der Waals surface area contributed by atoms with E-state index >= 15 is 0 Å². The Morgan fingerprint density at radius 3 is 2.76 bits per heavy atom. The predicted octanol–water partition coefficient (Wildman–Crippen LogP) is 1.69. The lowest BCUT2D eigenvalue weighted by Crippen LogP contribution is -2.39. The molecule has 0 bridgehead atoms. The van der Waals surface area contributed by atoms with E-state index in [1.165, 1.54) is 0 Å². The number of benzene rings is 1. The standard InChI is InChI=1S/C16H24N4O/c1-11(2)13(10-17)16(21)18-8-9-20-12(3)19-14-6-4-5-7-15(14)20/h4-7,11,13H,8-10,17H2,1-3H3,(H,18,21). The quantitative estimate of drug-likeness (QED) is 0.849. The van der Waals surface area contributed by atoms with E-state index in [9.17, 15) is 4.79 Å². The van der Waals surface area contributed by atoms with Gasteiger partial charge in [-0.25, -0.2) is 4.98 Å². The molecule has 5 nitrogen and oxygen atoms in total. The minimum absolute atomic E-state index is 0.0366. The molecule has 0 aliphatic heterocycles. The number of hydrogen-bond acceptors (Lipinski definition) is 3. The van der Waals surface area contributed by atoms with Crippen molar-refractivity contribution in [3.05, 3.63) is 30.1 Å². The van der Waals surface area contributed by atoms with Crippen LogP contribution in [0.4, 0.5) is 0 Å². The van der Waals surface area contributed by atoms with Crippen molar-refractivity contribution in [2.24, 2.45) is 17.6 Å². The molecule has 1 amide bonds. The fraction of sp³-hybridized carbons (Fsp3) is 0.500. The number of rotatable bonds is 6. The molecule has 2 rings (SSSR count). The van der Waals surface area contributed by atoms with Gasteiger partial charge in [0.2, 0.25) is 5.91 Å². The summed E-state index contributed by atoms with van der Waals surface area (Å²) >= 11 is 0. The van der Waals surface area contributed by atoms with Crippen molar-refractivity contribution in [1.82, 2.24) is 14.9 Å². The van der Waals surface area contributed by atoms with Gasteiger partial charge in [-0.2, -0.15) is 0 Å². The minimum Gasteiger partial charge on any atom is -0.354 e. The fourth-order valence-electron chi connectivity index (χ4n) is 2.58. The zero-order valence-corrected chi connectivity index (χ0v) is 13.0. The smallest absolute Gasteiger partial charge is 0.224 e. The average Bonchev–Trinajstić information content (AvgIpc) is 2.75. The van der Waals surface area contributed by atoms with Crippen LogP contribution in [0, 0.1) is 18.8 Å². The van der Waals surface area contributed by atoms with E-state index in [0.717, 1.165) is 16.9 Å². The van der Waals surface area contributed by atoms with E-state index in [1.807, 2.05) is 45.0 Å². The summed E-state index contributed by atoms with van der Waals surface area (Å²) < 4.78 is 2.13. The first kappa shape index (κ1) is 15.5. The lowest BCUT2D eigenvalue weighted by molar-refractivity contribution is -0.125. The van der Waals surface area contributed by atoms with Crippen LogP contribution < -0.4 is 11.1 Å². The molecular formula is C16H24N4O. The fourth-order valence-corrected chi connectivity index (χ4v) is 2.58. The molecule has 5 heteroatoms. The topological polar surface area (TPSA) is 72.9 Å². The van der Waals surface area contributed by atoms with Crippen LogP contribution in [0.3, 0.4) is 0 Å². The molecule has 0 spiro atoms. The monoisotopic (exact) mass is 288 g/mol. The number of para-hydroxylation sites is 2. The van der Waals surface area contributed by atoms with Gasteiger partial charge >= 0.3 is 0 Å². The number of amides is 1. The highest BCUT2D eigenvalue weighted by atomic mass is 16.1. The van der Waals surface area contributed by atoms with Gasteiger partial charge in [-0.05, 0) is 25.0 Å². The summed E-state index contributed by atoms with van der Waals surface area (Å²) in [6.07, 6.45) is 0. The molecule has 21 heavy (non-hydrogen) atoms. The van der Waals surface area contributed by atoms with Gasteiger partial charge in [0, 0.05) is 19.6 Å². The number of nitrogens with zero attached hydrogens (tertiary/aromatic N) is 2. The molecule has 0 saturated carbocycles. The van der Waals surface area contributed by atoms with E-state index in [2.05, 4.69) is 14.9 Å². The van der Waals surface area contributed by atoms with Gasteiger partial charge in [-0.15, -0.1) is 0 Å². The van der Waals surface area contributed by atoms with E-state index in [4.69, 9.17) is 5.73 Å². The van der Waals surface area contributed by atoms with Gasteiger partial charge in [-0.1, -0.05) is 26.0 Å². The van der Waals surface area contributed by atoms with Gasteiger partial charge in [0.25, 0.3) is 0 Å². The molecule has 1 atom stereocenters. The number of hydrogen-bond donors (Lipinski definition) is 2. The molecule has 0 fully saturated rings. The minimum atomic E-state index is -0.120. The Labute approximate surface area is 125 Å². The van der Waals surface area contributed by atoms with Crippen molar-refractivity contribution < 1.29 is 4.79 Å². The van der Waals surface area contributed by atoms with Crippen LogP contribution in [0.1, 0.15) is 19.7 Å². The summed E-state index contributed by atoms with van der Waals surface area (Å²) in [6, 6.07) is 8.03. The molecule has 1 aromatic heterocycles. The molecular weight excluding hydrogens is 264 g/mol. The maximum atomic E-state index is 12.1. The van der Waals surface area contributed by atoms with E-state index < -0.39 is 0 Å². The van der Waals surface area contributed by atoms with Crippen LogP contribution in [-0.4, -0.2) is 28.5 Å². The van der Waals surface area contributed by atoms with Gasteiger partial charge in [0.15, 0.2) is 0 Å². The van der Waals surface area contributed by atoms with Gasteiger partial charge in [0.1, 0.15) is 5.82 Å². The van der Waals surface area contributed by atoms with Crippen molar-refractivity contribution in [2.75, 3.05) is 13.1 Å². The summed E-state index contributed by atoms with van der Waals surface area (Å²) in [7, 11) is 0. The van der Waals surface area contributed by atoms with Crippen LogP contribution in [0.2, 0.25) is 0 Å². The maximum absolute atomic E-state index is 12.1. The molecule has 3 N–H and O–H groups in total. The number of aromatic nitrogens is 2. The van der Waals surface area contributed by atoms with Gasteiger partial charge < -0.3 is 15.6 Å². The number of aryl methyl sites for hydroxylation is 1. The summed E-state index contributed by atoms with van der Waals surface area (Å²) in [5.41, 5.74) is 7.75. The molecule has 2 aromatic rings. The molecule has 1 heterocycles. The largest absolute Gasteiger partial charge is 0.354 e. The highest BCUT2D eigenvalue weighted by molar-refractivity contribution is 5.79. The highest BCUT2D eigenvalue weighted by Crippen LogP contribution is 2.15. The Balaban J connectivity index is 1.99. The second kappa shape index (κ2) is 6.72. The summed E-state index contributed by atoms with van der Waals surface area (Å²) in [4.78, 5) is 16.6. The number of nitrogens with two attached hydrogens (primary N) is 1. The van der Waals surface area contributed by atoms with E-state index in [1.54, 1.807) is 0 Å². The summed E-state index contributed by atoms with van der Waals surface area (Å²) in [5.74, 6) is 1.13. The Kier molecular flexibility index (Phi) is 4.96. The average molecular weight is 288 g/mol. The number of fused-ring (bicyclic) bond motifs is 1. The highest BCUT2D eigenvalue weighted by Gasteiger charge is 2.19. The SMILES string of the molecule is Cc1nc2ccccc2n1CCNC(=O)C(CN)C(C)C. The van der Waals surface area contributed by atoms with E-state index in [0.29, 0.717) is 19.6 Å². The lowest BCUT2D eigenvalue weighted by Gasteiger charge is -2.18. The number of carbonyl (C=O) groups is 1. The van der Waals surface area contributed by atoms with Gasteiger partial charge in [0.05, 0.1) is 17.0 Å². The molecule has 0 aliphatic rings. The molecule has 0 saturated heterocycles. The Bertz CT molecular complexity index is 618. The molecule has 114 valence electrons. The maximum Gasteiger partial charge on any atom is 0.224 e. The lowest BCUT2D eigenvalue weighted by atomic mass is 9.95. The molecule has 0 aliphatic carbocycles. The first-order valence-corrected chi connectivity index (χ1v) is 7.44. The zero-order valence-electron chi connectivity index (χ0n) is 13.0. The third kappa shape index (κ3) is 3.42. The van der Waals surface area contributed by atoms with Crippen LogP contribution in [0.25, 0.3) is 11.0 Å². The number of imidazole rings is 1. The van der Waals surface area contributed by atoms with Crippen LogP contribution in [0.15, 0.2) is 24.3 Å². The normalized spacial score (nSPS) is 12.8. The van der Waals surface area contributed by atoms with Gasteiger partial charge in [-0.3, -0.25) is 4.79 Å². The van der Waals surface area contributed by atoms with Crippen molar-refractivity contribution in [3.8, 4) is 0 Å². The van der Waals surface area contributed by atoms with Crippen LogP contribution >= 0.6 is 0 Å². The second-order valence-electron chi connectivity index (χ2n) is 5.68. The summed E-state index contributed by atoms with van der Waals surface area (Å²) in [5, 5.41) is 2.98. The van der Waals surface area contributed by atoms with Crippen molar-refractivity contribution >= 4 is 16.9 Å². The number of nitrogens with one attached hydrogen (secondary N) is 1. The Morgan fingerprint density at radius 2 is 2.10 bits per heavy atom. The van der Waals surface area contributed by atoms with E-state index in [-0.39, 0.29) is 17.7 Å². The first-order chi connectivity index (χ1) is 10.0. The number of carbonyl (C=O) groups excluding carboxylic acids is 1. The molecule has 1 aromatic carbocycles. The first-order valence-electron chi connectivity index (χ1n) is 7.44. The molecule has 0 radical (unpaired) electrons. The third-order valence-electron chi connectivity index (χ3n) is 3.88. The molecule has 1 unspecified atom stereocenters. The van der Waals surface area contributed by atoms with Crippen molar-refractivity contribution in [3.63, 3.8) is 0 Å². The summed E-state index contributed by atoms with van der Waals surface area (Å²) in [6.45, 7) is 7.71. The predicted molar refractivity (Wildman–Crippen MR) is 84.9 cm³/mol.